The highest BCUT2D eigenvalue weighted by molar-refractivity contribution is 9.10. The van der Waals surface area contributed by atoms with E-state index in [2.05, 4.69) is 46.0 Å². The third-order valence-electron chi connectivity index (χ3n) is 7.55. The maximum absolute atomic E-state index is 14.1. The number of hydrogen-bond acceptors (Lipinski definition) is 5. The van der Waals surface area contributed by atoms with Gasteiger partial charge in [0.05, 0.1) is 21.7 Å². The van der Waals surface area contributed by atoms with Crippen molar-refractivity contribution in [3.05, 3.63) is 67.2 Å². The van der Waals surface area contributed by atoms with E-state index in [1.807, 2.05) is 0 Å². The number of nitrogens with one attached hydrogen (secondary N) is 1. The zero-order chi connectivity index (χ0) is 29.9. The van der Waals surface area contributed by atoms with E-state index >= 15 is 0 Å². The summed E-state index contributed by atoms with van der Waals surface area (Å²) in [7, 11) is -1.40. The summed E-state index contributed by atoms with van der Waals surface area (Å²) in [5, 5.41) is 7.83. The highest BCUT2D eigenvalue weighted by Crippen LogP contribution is 2.35. The van der Waals surface area contributed by atoms with Crippen LogP contribution in [0.1, 0.15) is 37.7 Å². The molecule has 13 heteroatoms. The summed E-state index contributed by atoms with van der Waals surface area (Å²) in [4.78, 5) is 25.8. The van der Waals surface area contributed by atoms with Crippen LogP contribution in [0.15, 0.2) is 44.7 Å². The average molecular weight is 660 g/mol. The highest BCUT2D eigenvalue weighted by Gasteiger charge is 2.39. The number of pyridine rings is 1. The Labute approximate surface area is 245 Å². The minimum atomic E-state index is -4.88. The summed E-state index contributed by atoms with van der Waals surface area (Å²) in [6, 6.07) is 4.98. The minimum absolute atomic E-state index is 0.0404. The van der Waals surface area contributed by atoms with Crippen molar-refractivity contribution in [1.82, 2.24) is 14.3 Å². The van der Waals surface area contributed by atoms with Crippen LogP contribution in [0.25, 0.3) is 10.8 Å². The Bertz CT molecular complexity index is 1500. The molecule has 1 aliphatic carbocycles. The number of nitrogens with zero attached hydrogens (tertiary/aromatic N) is 3. The first kappa shape index (κ1) is 31.4. The Morgan fingerprint density at radius 1 is 1.15 bits per heavy atom. The van der Waals surface area contributed by atoms with Crippen LogP contribution < -0.4 is 16.4 Å². The monoisotopic (exact) mass is 658 g/mol. The van der Waals surface area contributed by atoms with Crippen molar-refractivity contribution in [2.75, 3.05) is 11.9 Å². The average Bonchev–Trinajstić information content (AvgIpc) is 2.88. The number of aromatic nitrogens is 3. The molecule has 2 aromatic heterocycles. The summed E-state index contributed by atoms with van der Waals surface area (Å²) in [6.45, 7) is 6.80. The zero-order valence-corrected chi connectivity index (χ0v) is 25.9. The maximum Gasteiger partial charge on any atom is 0.423 e. The number of hydrogen-bond donors (Lipinski definition) is 1. The van der Waals surface area contributed by atoms with E-state index in [0.29, 0.717) is 36.1 Å². The fourth-order valence-corrected chi connectivity index (χ4v) is 6.31. The Kier molecular flexibility index (Phi) is 9.80. The van der Waals surface area contributed by atoms with Crippen LogP contribution >= 0.6 is 15.9 Å². The van der Waals surface area contributed by atoms with Gasteiger partial charge in [-0.2, -0.15) is 18.3 Å². The molecule has 0 aliphatic heterocycles. The van der Waals surface area contributed by atoms with Gasteiger partial charge in [-0.1, -0.05) is 32.5 Å². The van der Waals surface area contributed by atoms with E-state index in [9.17, 15) is 27.2 Å². The molecule has 1 aliphatic rings. The summed E-state index contributed by atoms with van der Waals surface area (Å²) in [5.74, 6) is -0.570. The van der Waals surface area contributed by atoms with E-state index in [4.69, 9.17) is 4.74 Å². The van der Waals surface area contributed by atoms with Gasteiger partial charge in [0.15, 0.2) is 0 Å². The number of anilines is 1. The van der Waals surface area contributed by atoms with Crippen LogP contribution in [0.4, 0.5) is 23.2 Å². The van der Waals surface area contributed by atoms with Crippen molar-refractivity contribution in [3.8, 4) is 0 Å². The SMILES string of the molecule is C[Si](C)(C)CCOCn1ncc(NC2CCCCC2CCn2ccc3cc(Br)c(F)cc3c2=O)c(C(F)(F)F)c1=O. The second-order valence-corrected chi connectivity index (χ2v) is 18.3. The molecule has 1 N–H and O–H groups in total. The number of rotatable bonds is 10. The van der Waals surface area contributed by atoms with E-state index in [0.717, 1.165) is 31.5 Å². The van der Waals surface area contributed by atoms with Crippen molar-refractivity contribution in [3.63, 3.8) is 0 Å². The van der Waals surface area contributed by atoms with Gasteiger partial charge in [0.1, 0.15) is 18.1 Å². The molecule has 224 valence electrons. The molecular weight excluding hydrogens is 624 g/mol. The predicted molar refractivity (Wildman–Crippen MR) is 157 cm³/mol. The fraction of sp³-hybridized carbons (Fsp3) is 0.536. The van der Waals surface area contributed by atoms with Crippen LogP contribution in [0.3, 0.4) is 0 Å². The lowest BCUT2D eigenvalue weighted by molar-refractivity contribution is -0.138. The summed E-state index contributed by atoms with van der Waals surface area (Å²) < 4.78 is 64.3. The lowest BCUT2D eigenvalue weighted by Crippen LogP contribution is -2.37. The Morgan fingerprint density at radius 2 is 1.88 bits per heavy atom. The van der Waals surface area contributed by atoms with Crippen molar-refractivity contribution >= 4 is 40.5 Å². The first-order chi connectivity index (χ1) is 19.2. The Hall–Kier alpha value is -2.51. The van der Waals surface area contributed by atoms with Gasteiger partial charge < -0.3 is 14.6 Å². The molecule has 0 bridgehead atoms. The molecule has 7 nitrogen and oxygen atoms in total. The van der Waals surface area contributed by atoms with Crippen LogP contribution in [-0.2, 0) is 24.2 Å². The van der Waals surface area contributed by atoms with Gasteiger partial charge in [-0.05, 0) is 70.7 Å². The molecule has 2 atom stereocenters. The standard InChI is InChI=1S/C28H35BrF4N4O3Si/c1-41(2,3)13-12-40-17-37-27(39)25(28(31,32)33)24(16-34-37)35-23-7-5-4-6-18(23)8-10-36-11-9-19-14-21(29)22(30)15-20(19)26(36)38/h9,11,14-16,18,23,35H,4-8,10,12-13,17H2,1-3H3. The van der Waals surface area contributed by atoms with Gasteiger partial charge in [-0.15, -0.1) is 0 Å². The van der Waals surface area contributed by atoms with E-state index in [1.54, 1.807) is 18.3 Å². The largest absolute Gasteiger partial charge is 0.423 e. The summed E-state index contributed by atoms with van der Waals surface area (Å²) in [6.07, 6.45) is 1.48. The molecule has 0 spiro atoms. The molecule has 0 amide bonds. The van der Waals surface area contributed by atoms with E-state index in [-0.39, 0.29) is 39.8 Å². The second-order valence-electron chi connectivity index (χ2n) is 11.8. The Balaban J connectivity index is 1.51. The van der Waals surface area contributed by atoms with Gasteiger partial charge in [0.25, 0.3) is 11.1 Å². The van der Waals surface area contributed by atoms with E-state index in [1.165, 1.54) is 10.6 Å². The first-order valence-corrected chi connectivity index (χ1v) is 18.2. The molecule has 2 heterocycles. The van der Waals surface area contributed by atoms with Crippen LogP contribution in [0, 0.1) is 11.7 Å². The molecule has 0 saturated heterocycles. The first-order valence-electron chi connectivity index (χ1n) is 13.7. The molecule has 1 aromatic carbocycles. The third-order valence-corrected chi connectivity index (χ3v) is 9.86. The number of alkyl halides is 3. The number of halogens is 5. The third kappa shape index (κ3) is 7.86. The van der Waals surface area contributed by atoms with Gasteiger partial charge in [-0.3, -0.25) is 9.59 Å². The van der Waals surface area contributed by atoms with Gasteiger partial charge in [0.2, 0.25) is 0 Å². The van der Waals surface area contributed by atoms with Crippen LogP contribution in [0.2, 0.25) is 25.7 Å². The lowest BCUT2D eigenvalue weighted by Gasteiger charge is -2.33. The van der Waals surface area contributed by atoms with Crippen LogP contribution in [0.5, 0.6) is 0 Å². The number of aryl methyl sites for hydroxylation is 1. The van der Waals surface area contributed by atoms with Crippen molar-refractivity contribution in [2.45, 2.75) is 83.3 Å². The minimum Gasteiger partial charge on any atom is -0.380 e. The quantitative estimate of drug-likeness (QED) is 0.146. The lowest BCUT2D eigenvalue weighted by atomic mass is 9.82. The van der Waals surface area contributed by atoms with Gasteiger partial charge in [-0.25, -0.2) is 9.07 Å². The summed E-state index contributed by atoms with van der Waals surface area (Å²) >= 11 is 3.13. The number of fused-ring (bicyclic) bond motifs is 1. The smallest absolute Gasteiger partial charge is 0.380 e. The molecule has 41 heavy (non-hydrogen) atoms. The number of ether oxygens (including phenoxy) is 1. The van der Waals surface area contributed by atoms with Crippen molar-refractivity contribution < 1.29 is 22.3 Å². The zero-order valence-electron chi connectivity index (χ0n) is 23.4. The topological polar surface area (TPSA) is 78.2 Å². The van der Waals surface area contributed by atoms with Gasteiger partial charge >= 0.3 is 6.18 Å². The predicted octanol–water partition coefficient (Wildman–Crippen LogP) is 6.85. The fourth-order valence-electron chi connectivity index (χ4n) is 5.20. The second kappa shape index (κ2) is 12.8. The molecular formula is C28H35BrF4N4O3Si. The maximum atomic E-state index is 14.1. The summed E-state index contributed by atoms with van der Waals surface area (Å²) in [5.41, 5.74) is -3.20. The van der Waals surface area contributed by atoms with Crippen molar-refractivity contribution in [2.24, 2.45) is 5.92 Å². The molecule has 1 fully saturated rings. The molecule has 4 rings (SSSR count). The van der Waals surface area contributed by atoms with Crippen LogP contribution in [-0.4, -0.2) is 35.1 Å². The highest BCUT2D eigenvalue weighted by atomic mass is 79.9. The molecule has 3 aromatic rings. The van der Waals surface area contributed by atoms with Gasteiger partial charge in [0, 0.05) is 33.5 Å². The molecule has 0 radical (unpaired) electrons. The van der Waals surface area contributed by atoms with E-state index < -0.39 is 31.2 Å². The molecule has 1 saturated carbocycles. The normalized spacial score (nSPS) is 18.1. The van der Waals surface area contributed by atoms with Crippen molar-refractivity contribution in [1.29, 1.82) is 0 Å². The number of benzene rings is 1. The Morgan fingerprint density at radius 3 is 2.59 bits per heavy atom. The molecule has 2 unspecified atom stereocenters.